The van der Waals surface area contributed by atoms with E-state index in [1.54, 1.807) is 0 Å². The summed E-state index contributed by atoms with van der Waals surface area (Å²) in [7, 11) is 0. The zero-order valence-corrected chi connectivity index (χ0v) is 10.9. The first kappa shape index (κ1) is 14.2. The van der Waals surface area contributed by atoms with Crippen molar-refractivity contribution in [1.29, 1.82) is 5.26 Å². The van der Waals surface area contributed by atoms with Crippen molar-refractivity contribution in [3.63, 3.8) is 0 Å². The molecule has 0 aliphatic carbocycles. The van der Waals surface area contributed by atoms with Gasteiger partial charge in [0.15, 0.2) is 0 Å². The lowest BCUT2D eigenvalue weighted by Gasteiger charge is -2.10. The second-order valence-electron chi connectivity index (χ2n) is 4.34. The van der Waals surface area contributed by atoms with Crippen LogP contribution in [0, 0.1) is 18.3 Å². The van der Waals surface area contributed by atoms with Crippen molar-refractivity contribution in [2.75, 3.05) is 13.1 Å². The fourth-order valence-corrected chi connectivity index (χ4v) is 1.51. The standard InChI is InChI=1S/C14H19N3O/c1-11-3-5-13(6-4-11)14(18)17-10-9-16-12(2)7-8-15/h3-6,12,16H,7,9-10H2,1-2H3,(H,17,18). The highest BCUT2D eigenvalue weighted by molar-refractivity contribution is 5.94. The molecule has 1 amide bonds. The summed E-state index contributed by atoms with van der Waals surface area (Å²) < 4.78 is 0. The predicted octanol–water partition coefficient (Wildman–Crippen LogP) is 1.62. The molecule has 1 aromatic carbocycles. The average Bonchev–Trinajstić information content (AvgIpc) is 2.35. The Morgan fingerprint density at radius 3 is 2.61 bits per heavy atom. The smallest absolute Gasteiger partial charge is 0.251 e. The van der Waals surface area contributed by atoms with Gasteiger partial charge in [0.1, 0.15) is 0 Å². The third-order valence-corrected chi connectivity index (χ3v) is 2.61. The summed E-state index contributed by atoms with van der Waals surface area (Å²) in [5.41, 5.74) is 1.81. The van der Waals surface area contributed by atoms with E-state index in [1.165, 1.54) is 0 Å². The minimum Gasteiger partial charge on any atom is -0.351 e. The molecule has 0 aliphatic rings. The van der Waals surface area contributed by atoms with E-state index < -0.39 is 0 Å². The first-order valence-corrected chi connectivity index (χ1v) is 6.08. The predicted molar refractivity (Wildman–Crippen MR) is 71.2 cm³/mol. The maximum Gasteiger partial charge on any atom is 0.251 e. The molecule has 0 aliphatic heterocycles. The molecule has 96 valence electrons. The van der Waals surface area contributed by atoms with E-state index in [-0.39, 0.29) is 11.9 Å². The van der Waals surface area contributed by atoms with Crippen molar-refractivity contribution >= 4 is 5.91 Å². The van der Waals surface area contributed by atoms with Crippen molar-refractivity contribution in [2.24, 2.45) is 0 Å². The van der Waals surface area contributed by atoms with E-state index in [1.807, 2.05) is 38.1 Å². The number of nitrogens with one attached hydrogen (secondary N) is 2. The molecular weight excluding hydrogens is 226 g/mol. The van der Waals surface area contributed by atoms with Crippen molar-refractivity contribution in [1.82, 2.24) is 10.6 Å². The van der Waals surface area contributed by atoms with Crippen LogP contribution in [0.5, 0.6) is 0 Å². The largest absolute Gasteiger partial charge is 0.351 e. The molecule has 1 atom stereocenters. The molecule has 0 aromatic heterocycles. The summed E-state index contributed by atoms with van der Waals surface area (Å²) >= 11 is 0. The maximum absolute atomic E-state index is 11.7. The zero-order chi connectivity index (χ0) is 13.4. The minimum atomic E-state index is -0.0651. The third-order valence-electron chi connectivity index (χ3n) is 2.61. The number of aryl methyl sites for hydroxylation is 1. The average molecular weight is 245 g/mol. The highest BCUT2D eigenvalue weighted by Gasteiger charge is 2.04. The van der Waals surface area contributed by atoms with Crippen LogP contribution in [0.25, 0.3) is 0 Å². The van der Waals surface area contributed by atoms with Crippen LogP contribution in [0.3, 0.4) is 0 Å². The topological polar surface area (TPSA) is 64.9 Å². The van der Waals surface area contributed by atoms with Crippen LogP contribution in [0.2, 0.25) is 0 Å². The van der Waals surface area contributed by atoms with Crippen LogP contribution in [0.1, 0.15) is 29.3 Å². The quantitative estimate of drug-likeness (QED) is 0.748. The highest BCUT2D eigenvalue weighted by atomic mass is 16.1. The van der Waals surface area contributed by atoms with Gasteiger partial charge in [0.25, 0.3) is 5.91 Å². The molecule has 0 fully saturated rings. The Balaban J connectivity index is 2.26. The fourth-order valence-electron chi connectivity index (χ4n) is 1.51. The van der Waals surface area contributed by atoms with Crippen LogP contribution in [0.15, 0.2) is 24.3 Å². The summed E-state index contributed by atoms with van der Waals surface area (Å²) in [4.78, 5) is 11.7. The van der Waals surface area contributed by atoms with Gasteiger partial charge in [0.2, 0.25) is 0 Å². The van der Waals surface area contributed by atoms with Crippen LogP contribution in [-0.4, -0.2) is 25.0 Å². The number of carbonyl (C=O) groups excluding carboxylic acids is 1. The third kappa shape index (κ3) is 4.98. The molecule has 0 radical (unpaired) electrons. The number of carbonyl (C=O) groups is 1. The summed E-state index contributed by atoms with van der Waals surface area (Å²) in [6, 6.07) is 9.73. The van der Waals surface area contributed by atoms with Gasteiger partial charge in [-0.3, -0.25) is 4.79 Å². The molecule has 0 saturated heterocycles. The van der Waals surface area contributed by atoms with Crippen LogP contribution in [-0.2, 0) is 0 Å². The van der Waals surface area contributed by atoms with Gasteiger partial charge in [-0.15, -0.1) is 0 Å². The normalized spacial score (nSPS) is 11.6. The van der Waals surface area contributed by atoms with Gasteiger partial charge in [0, 0.05) is 24.7 Å². The van der Waals surface area contributed by atoms with E-state index >= 15 is 0 Å². The van der Waals surface area contributed by atoms with Crippen molar-refractivity contribution < 1.29 is 4.79 Å². The first-order chi connectivity index (χ1) is 8.63. The second-order valence-corrected chi connectivity index (χ2v) is 4.34. The number of hydrogen-bond acceptors (Lipinski definition) is 3. The number of nitriles is 1. The van der Waals surface area contributed by atoms with Crippen molar-refractivity contribution in [2.45, 2.75) is 26.3 Å². The summed E-state index contributed by atoms with van der Waals surface area (Å²) in [5, 5.41) is 14.5. The van der Waals surface area contributed by atoms with Gasteiger partial charge >= 0.3 is 0 Å². The number of amides is 1. The van der Waals surface area contributed by atoms with Crippen LogP contribution < -0.4 is 10.6 Å². The second kappa shape index (κ2) is 7.46. The lowest BCUT2D eigenvalue weighted by molar-refractivity contribution is 0.0953. The number of hydrogen-bond donors (Lipinski definition) is 2. The molecule has 0 saturated carbocycles. The Morgan fingerprint density at radius 1 is 1.33 bits per heavy atom. The van der Waals surface area contributed by atoms with Gasteiger partial charge in [0.05, 0.1) is 12.5 Å². The molecule has 2 N–H and O–H groups in total. The van der Waals surface area contributed by atoms with E-state index in [4.69, 9.17) is 5.26 Å². The Labute approximate surface area is 108 Å². The van der Waals surface area contributed by atoms with Gasteiger partial charge in [-0.1, -0.05) is 17.7 Å². The van der Waals surface area contributed by atoms with Gasteiger partial charge in [-0.25, -0.2) is 0 Å². The minimum absolute atomic E-state index is 0.0651. The molecule has 4 nitrogen and oxygen atoms in total. The first-order valence-electron chi connectivity index (χ1n) is 6.08. The molecule has 0 spiro atoms. The Bertz CT molecular complexity index is 420. The summed E-state index contributed by atoms with van der Waals surface area (Å²) in [6.07, 6.45) is 0.478. The molecule has 1 unspecified atom stereocenters. The molecule has 4 heteroatoms. The highest BCUT2D eigenvalue weighted by Crippen LogP contribution is 2.02. The molecule has 1 aromatic rings. The number of benzene rings is 1. The van der Waals surface area contributed by atoms with Crippen LogP contribution >= 0.6 is 0 Å². The van der Waals surface area contributed by atoms with Crippen molar-refractivity contribution in [3.05, 3.63) is 35.4 Å². The Kier molecular flexibility index (Phi) is 5.89. The number of nitrogens with zero attached hydrogens (tertiary/aromatic N) is 1. The summed E-state index contributed by atoms with van der Waals surface area (Å²) in [5.74, 6) is -0.0651. The number of rotatable bonds is 6. The van der Waals surface area contributed by atoms with E-state index in [2.05, 4.69) is 16.7 Å². The Morgan fingerprint density at radius 2 is 2.00 bits per heavy atom. The zero-order valence-electron chi connectivity index (χ0n) is 10.9. The van der Waals surface area contributed by atoms with E-state index in [9.17, 15) is 4.79 Å². The van der Waals surface area contributed by atoms with Crippen LogP contribution in [0.4, 0.5) is 0 Å². The molecule has 0 heterocycles. The lowest BCUT2D eigenvalue weighted by Crippen LogP contribution is -2.35. The maximum atomic E-state index is 11.7. The fraction of sp³-hybridized carbons (Fsp3) is 0.429. The molecule has 0 bridgehead atoms. The van der Waals surface area contributed by atoms with E-state index in [0.717, 1.165) is 5.56 Å². The van der Waals surface area contributed by atoms with Gasteiger partial charge < -0.3 is 10.6 Å². The SMILES string of the molecule is Cc1ccc(C(=O)NCCNC(C)CC#N)cc1. The van der Waals surface area contributed by atoms with Gasteiger partial charge in [-0.05, 0) is 26.0 Å². The summed E-state index contributed by atoms with van der Waals surface area (Å²) in [6.45, 7) is 5.16. The molecule has 18 heavy (non-hydrogen) atoms. The van der Waals surface area contributed by atoms with E-state index in [0.29, 0.717) is 25.1 Å². The lowest BCUT2D eigenvalue weighted by atomic mass is 10.1. The monoisotopic (exact) mass is 245 g/mol. The van der Waals surface area contributed by atoms with Gasteiger partial charge in [-0.2, -0.15) is 5.26 Å². The van der Waals surface area contributed by atoms with Crippen molar-refractivity contribution in [3.8, 4) is 6.07 Å². The molecule has 1 rings (SSSR count). The molecular formula is C14H19N3O. The Hall–Kier alpha value is -1.86.